The van der Waals surface area contributed by atoms with Crippen molar-refractivity contribution in [3.63, 3.8) is 0 Å². The molecule has 0 fully saturated rings. The minimum atomic E-state index is -4.84. The third-order valence-corrected chi connectivity index (χ3v) is 7.30. The fourth-order valence-corrected chi connectivity index (χ4v) is 5.39. The van der Waals surface area contributed by atoms with Gasteiger partial charge in [-0.1, -0.05) is 23.2 Å². The Kier molecular flexibility index (Phi) is 7.47. The van der Waals surface area contributed by atoms with Crippen molar-refractivity contribution in [3.05, 3.63) is 69.7 Å². The van der Waals surface area contributed by atoms with Crippen LogP contribution in [0.5, 0.6) is 11.5 Å². The first-order valence-electron chi connectivity index (χ1n) is 10.4. The van der Waals surface area contributed by atoms with Gasteiger partial charge in [-0.15, -0.1) is 15.6 Å². The van der Waals surface area contributed by atoms with Crippen molar-refractivity contribution in [1.82, 2.24) is 9.97 Å². The van der Waals surface area contributed by atoms with Crippen LogP contribution in [0.2, 0.25) is 10.2 Å². The van der Waals surface area contributed by atoms with Crippen molar-refractivity contribution < 1.29 is 31.5 Å². The molecule has 0 radical (unpaired) electrons. The number of anilines is 1. The second-order valence-electron chi connectivity index (χ2n) is 8.40. The number of halogens is 3. The van der Waals surface area contributed by atoms with Crippen LogP contribution in [0.1, 0.15) is 20.8 Å². The number of ether oxygens (including phenoxy) is 2. The summed E-state index contributed by atoms with van der Waals surface area (Å²) >= 11 is 13.4. The molecule has 4 rings (SSSR count). The maximum absolute atomic E-state index is 15.3. The molecule has 0 saturated heterocycles. The molecule has 0 aliphatic carbocycles. The van der Waals surface area contributed by atoms with Crippen LogP contribution in [0.25, 0.3) is 11.3 Å². The van der Waals surface area contributed by atoms with Crippen molar-refractivity contribution in [2.45, 2.75) is 31.3 Å². The molecule has 0 bridgehead atoms. The predicted molar refractivity (Wildman–Crippen MR) is 136 cm³/mol. The van der Waals surface area contributed by atoms with Gasteiger partial charge in [-0.3, -0.25) is 0 Å². The molecule has 0 spiro atoms. The second kappa shape index (κ2) is 10.3. The number of nitrogens with zero attached hydrogens (tertiary/aromatic N) is 3. The number of aromatic nitrogens is 2. The smallest absolute Gasteiger partial charge is 0.430 e. The summed E-state index contributed by atoms with van der Waals surface area (Å²) in [6, 6.07) is 6.19. The summed E-state index contributed by atoms with van der Waals surface area (Å²) in [6.45, 7) is 4.68. The molecule has 0 unspecified atom stereocenters. The lowest BCUT2D eigenvalue weighted by Crippen LogP contribution is -2.41. The Morgan fingerprint density at radius 3 is 2.54 bits per heavy atom. The number of rotatable bonds is 6. The second-order valence-corrected chi connectivity index (χ2v) is 11.7. The quantitative estimate of drug-likeness (QED) is 0.219. The first-order valence-corrected chi connectivity index (χ1v) is 13.5. The molecule has 9 nitrogen and oxygen atoms in total. The van der Waals surface area contributed by atoms with Crippen LogP contribution in [0, 0.1) is 5.82 Å². The van der Waals surface area contributed by atoms with Crippen LogP contribution in [-0.2, 0) is 14.8 Å². The van der Waals surface area contributed by atoms with Gasteiger partial charge in [0.15, 0.2) is 11.6 Å². The van der Waals surface area contributed by atoms with E-state index >= 15 is 4.39 Å². The van der Waals surface area contributed by atoms with Gasteiger partial charge in [-0.25, -0.2) is 27.6 Å². The topological polar surface area (TPSA) is 112 Å². The lowest BCUT2D eigenvalue weighted by molar-refractivity contribution is 0.0608. The number of benzene rings is 1. The van der Waals surface area contributed by atoms with Crippen LogP contribution >= 0.6 is 34.5 Å². The molecule has 4 aromatic rings. The maximum Gasteiger partial charge on any atom is 0.430 e. The van der Waals surface area contributed by atoms with Crippen LogP contribution in [-0.4, -0.2) is 30.1 Å². The van der Waals surface area contributed by atoms with Crippen molar-refractivity contribution in [2.75, 3.05) is 4.31 Å². The Morgan fingerprint density at radius 1 is 1.16 bits per heavy atom. The molecular weight excluding hydrogens is 568 g/mol. The highest BCUT2D eigenvalue weighted by Crippen LogP contribution is 2.39. The van der Waals surface area contributed by atoms with Crippen molar-refractivity contribution >= 4 is 56.5 Å². The number of amides is 1. The average molecular weight is 586 g/mol. The Balaban J connectivity index is 1.74. The minimum absolute atomic E-state index is 0.153. The summed E-state index contributed by atoms with van der Waals surface area (Å²) in [7, 11) is -4.84. The molecule has 37 heavy (non-hydrogen) atoms. The number of hydrogen-bond acceptors (Lipinski definition) is 9. The molecule has 1 amide bonds. The normalized spacial score (nSPS) is 11.8. The van der Waals surface area contributed by atoms with E-state index in [0.717, 1.165) is 23.5 Å². The highest BCUT2D eigenvalue weighted by molar-refractivity contribution is 7.93. The molecule has 14 heteroatoms. The Morgan fingerprint density at radius 2 is 1.92 bits per heavy atom. The van der Waals surface area contributed by atoms with Gasteiger partial charge in [0.1, 0.15) is 32.9 Å². The molecule has 0 aliphatic heterocycles. The highest BCUT2D eigenvalue weighted by atomic mass is 35.5. The van der Waals surface area contributed by atoms with Crippen LogP contribution in [0.15, 0.2) is 63.1 Å². The number of pyridine rings is 1. The molecule has 0 saturated carbocycles. The molecule has 3 aromatic heterocycles. The number of sulfonamides is 1. The monoisotopic (exact) mass is 585 g/mol. The number of hydrogen-bond donors (Lipinski definition) is 0. The zero-order valence-corrected chi connectivity index (χ0v) is 22.6. The molecular formula is C23H18Cl2FN3O6S2. The third kappa shape index (κ3) is 5.87. The number of carbonyl (C=O) groups excluding carboxylic acids is 1. The van der Waals surface area contributed by atoms with Gasteiger partial charge in [0.05, 0.1) is 23.1 Å². The van der Waals surface area contributed by atoms with Crippen molar-refractivity contribution in [2.24, 2.45) is 0 Å². The average Bonchev–Trinajstić information content (AvgIpc) is 3.50. The summed E-state index contributed by atoms with van der Waals surface area (Å²) in [4.78, 5) is 20.1. The van der Waals surface area contributed by atoms with Gasteiger partial charge < -0.3 is 13.9 Å². The Bertz CT molecular complexity index is 1540. The van der Waals surface area contributed by atoms with Gasteiger partial charge in [0, 0.05) is 17.0 Å². The SMILES string of the molecule is CC(C)(C)OC(=O)N(c1cscn1)S(=O)(=O)c1cc(Cl)c(Oc2ccc(Cl)nc2-c2ccoc2)cc1F. The first-order chi connectivity index (χ1) is 17.4. The molecule has 3 heterocycles. The molecule has 0 N–H and O–H groups in total. The summed E-state index contributed by atoms with van der Waals surface area (Å²) in [5, 5.41) is 1.23. The van der Waals surface area contributed by atoms with E-state index in [4.69, 9.17) is 37.1 Å². The molecule has 1 aromatic carbocycles. The fourth-order valence-electron chi connectivity index (χ4n) is 3.04. The van der Waals surface area contributed by atoms with Crippen LogP contribution in [0.3, 0.4) is 0 Å². The third-order valence-electron chi connectivity index (χ3n) is 4.53. The zero-order chi connectivity index (χ0) is 27.0. The molecule has 0 atom stereocenters. The zero-order valence-electron chi connectivity index (χ0n) is 19.4. The van der Waals surface area contributed by atoms with Gasteiger partial charge in [0.25, 0.3) is 10.0 Å². The van der Waals surface area contributed by atoms with E-state index in [9.17, 15) is 13.2 Å². The fraction of sp³-hybridized carbons (Fsp3) is 0.174. The van der Waals surface area contributed by atoms with Gasteiger partial charge in [0.2, 0.25) is 0 Å². The van der Waals surface area contributed by atoms with E-state index < -0.39 is 32.4 Å². The van der Waals surface area contributed by atoms with E-state index in [1.807, 2.05) is 0 Å². The van der Waals surface area contributed by atoms with Crippen molar-refractivity contribution in [1.29, 1.82) is 0 Å². The van der Waals surface area contributed by atoms with E-state index in [1.165, 1.54) is 35.5 Å². The predicted octanol–water partition coefficient (Wildman–Crippen LogP) is 7.17. The number of thiazole rings is 1. The van der Waals surface area contributed by atoms with E-state index in [-0.39, 0.29) is 37.5 Å². The summed E-state index contributed by atoms with van der Waals surface area (Å²) in [6.07, 6.45) is 1.58. The molecule has 194 valence electrons. The molecule has 0 aliphatic rings. The summed E-state index contributed by atoms with van der Waals surface area (Å²) < 4.78 is 58.6. The largest absolute Gasteiger partial charge is 0.472 e. The van der Waals surface area contributed by atoms with Gasteiger partial charge in [-0.2, -0.15) is 0 Å². The van der Waals surface area contributed by atoms with Crippen molar-refractivity contribution in [3.8, 4) is 22.8 Å². The van der Waals surface area contributed by atoms with E-state index in [2.05, 4.69) is 9.97 Å². The number of furan rings is 1. The minimum Gasteiger partial charge on any atom is -0.472 e. The highest BCUT2D eigenvalue weighted by Gasteiger charge is 2.38. The first kappa shape index (κ1) is 26.9. The van der Waals surface area contributed by atoms with Gasteiger partial charge in [-0.05, 0) is 45.0 Å². The number of carbonyl (C=O) groups is 1. The Hall–Kier alpha value is -3.19. The Labute approximate surface area is 225 Å². The standard InChI is InChI=1S/C23H18Cl2FN3O6S2/c1-23(2,3)35-22(30)29(20-11-36-12-27-20)37(31,32)18-8-14(24)17(9-15(18)26)34-16-4-5-19(25)28-21(16)13-6-7-33-10-13/h4-12H,1-3H3. The lowest BCUT2D eigenvalue weighted by Gasteiger charge is -2.26. The van der Waals surface area contributed by atoms with Crippen LogP contribution in [0.4, 0.5) is 15.0 Å². The van der Waals surface area contributed by atoms with Gasteiger partial charge >= 0.3 is 6.09 Å². The maximum atomic E-state index is 15.3. The lowest BCUT2D eigenvalue weighted by atomic mass is 10.2. The van der Waals surface area contributed by atoms with Crippen LogP contribution < -0.4 is 9.04 Å². The van der Waals surface area contributed by atoms with E-state index in [1.54, 1.807) is 26.8 Å². The van der Waals surface area contributed by atoms with E-state index in [0.29, 0.717) is 5.56 Å². The summed E-state index contributed by atoms with van der Waals surface area (Å²) in [5.41, 5.74) is 1.10. The summed E-state index contributed by atoms with van der Waals surface area (Å²) in [5.74, 6) is -1.54.